The smallest absolute Gasteiger partial charge is 0.317 e. The fourth-order valence-electron chi connectivity index (χ4n) is 4.46. The lowest BCUT2D eigenvalue weighted by Gasteiger charge is -2.40. The summed E-state index contributed by atoms with van der Waals surface area (Å²) in [5.41, 5.74) is 1.95. The van der Waals surface area contributed by atoms with E-state index in [9.17, 15) is 9.59 Å². The van der Waals surface area contributed by atoms with E-state index < -0.39 is 0 Å². The maximum absolute atomic E-state index is 12.8. The van der Waals surface area contributed by atoms with E-state index in [0.29, 0.717) is 31.3 Å². The average molecular weight is 426 g/mol. The molecule has 1 aromatic carbocycles. The number of amides is 3. The molecule has 1 aliphatic carbocycles. The summed E-state index contributed by atoms with van der Waals surface area (Å²) in [4.78, 5) is 33.5. The zero-order valence-corrected chi connectivity index (χ0v) is 18.3. The Morgan fingerprint density at radius 2 is 2.00 bits per heavy atom. The summed E-state index contributed by atoms with van der Waals surface area (Å²) in [5.74, 6) is 0.756. The van der Waals surface area contributed by atoms with Crippen LogP contribution in [-0.4, -0.2) is 63.6 Å². The molecular weight excluding hydrogens is 394 g/mol. The number of hydrogen-bond donors (Lipinski definition) is 1. The molecule has 1 N–H and O–H groups in total. The van der Waals surface area contributed by atoms with E-state index in [1.807, 2.05) is 43.0 Å². The molecule has 1 atom stereocenters. The van der Waals surface area contributed by atoms with Gasteiger partial charge in [-0.1, -0.05) is 42.1 Å². The van der Waals surface area contributed by atoms with E-state index in [-0.39, 0.29) is 30.4 Å². The highest BCUT2D eigenvalue weighted by molar-refractivity contribution is 5.79. The van der Waals surface area contributed by atoms with Crippen molar-refractivity contribution in [3.63, 3.8) is 0 Å². The molecule has 8 heteroatoms. The van der Waals surface area contributed by atoms with Crippen molar-refractivity contribution in [1.29, 1.82) is 0 Å². The van der Waals surface area contributed by atoms with Gasteiger partial charge in [-0.2, -0.15) is 4.98 Å². The van der Waals surface area contributed by atoms with Gasteiger partial charge in [0, 0.05) is 37.3 Å². The number of aryl methyl sites for hydroxylation is 1. The molecule has 2 aliphatic rings. The van der Waals surface area contributed by atoms with Crippen LogP contribution in [0.2, 0.25) is 0 Å². The van der Waals surface area contributed by atoms with Crippen LogP contribution in [0.15, 0.2) is 28.8 Å². The van der Waals surface area contributed by atoms with Crippen LogP contribution in [0.1, 0.15) is 50.4 Å². The largest absolute Gasteiger partial charge is 0.338 e. The zero-order chi connectivity index (χ0) is 21.8. The van der Waals surface area contributed by atoms with Crippen molar-refractivity contribution < 1.29 is 14.1 Å². The van der Waals surface area contributed by atoms with Crippen molar-refractivity contribution in [2.75, 3.05) is 19.6 Å². The first-order valence-electron chi connectivity index (χ1n) is 11.2. The number of benzene rings is 1. The van der Waals surface area contributed by atoms with Gasteiger partial charge in [0.05, 0.1) is 6.42 Å². The Hall–Kier alpha value is -2.90. The number of nitrogens with zero attached hydrogens (tertiary/aromatic N) is 4. The van der Waals surface area contributed by atoms with Crippen molar-refractivity contribution >= 4 is 11.9 Å². The second kappa shape index (κ2) is 9.49. The van der Waals surface area contributed by atoms with Gasteiger partial charge in [-0.3, -0.25) is 4.79 Å². The SMILES string of the molecule is Cc1cccc(-c2nc(CC(=O)N3CCN(C(=O)NC4CCCCC4)C(C)C3)no2)c1. The lowest BCUT2D eigenvalue weighted by molar-refractivity contribution is -0.133. The third-order valence-electron chi connectivity index (χ3n) is 6.22. The van der Waals surface area contributed by atoms with E-state index in [0.717, 1.165) is 24.0 Å². The average Bonchev–Trinajstić information content (AvgIpc) is 3.23. The van der Waals surface area contributed by atoms with Crippen LogP contribution in [0.4, 0.5) is 4.79 Å². The van der Waals surface area contributed by atoms with E-state index >= 15 is 0 Å². The Kier molecular flexibility index (Phi) is 6.53. The summed E-state index contributed by atoms with van der Waals surface area (Å²) >= 11 is 0. The Morgan fingerprint density at radius 1 is 1.19 bits per heavy atom. The van der Waals surface area contributed by atoms with E-state index in [1.54, 1.807) is 4.90 Å². The molecule has 3 amide bonds. The van der Waals surface area contributed by atoms with Crippen molar-refractivity contribution in [3.8, 4) is 11.5 Å². The Balaban J connectivity index is 1.30. The van der Waals surface area contributed by atoms with Gasteiger partial charge in [0.15, 0.2) is 5.82 Å². The maximum Gasteiger partial charge on any atom is 0.317 e. The van der Waals surface area contributed by atoms with Crippen LogP contribution in [0.25, 0.3) is 11.5 Å². The highest BCUT2D eigenvalue weighted by Gasteiger charge is 2.31. The number of carbonyl (C=O) groups is 2. The minimum atomic E-state index is -0.0456. The molecular formula is C23H31N5O3. The number of piperazine rings is 1. The molecule has 0 bridgehead atoms. The summed E-state index contributed by atoms with van der Waals surface area (Å²) in [7, 11) is 0. The molecule has 2 heterocycles. The molecule has 31 heavy (non-hydrogen) atoms. The third-order valence-corrected chi connectivity index (χ3v) is 6.22. The molecule has 0 radical (unpaired) electrons. The van der Waals surface area contributed by atoms with Crippen LogP contribution in [0.5, 0.6) is 0 Å². The molecule has 2 aromatic rings. The molecule has 166 valence electrons. The van der Waals surface area contributed by atoms with Gasteiger partial charge in [-0.25, -0.2) is 4.79 Å². The number of carbonyl (C=O) groups excluding carboxylic acids is 2. The first-order valence-corrected chi connectivity index (χ1v) is 11.2. The summed E-state index contributed by atoms with van der Waals surface area (Å²) in [5, 5.41) is 7.15. The fraction of sp³-hybridized carbons (Fsp3) is 0.565. The van der Waals surface area contributed by atoms with Gasteiger partial charge < -0.3 is 19.6 Å². The Labute approximate surface area is 183 Å². The zero-order valence-electron chi connectivity index (χ0n) is 18.3. The van der Waals surface area contributed by atoms with Crippen LogP contribution in [-0.2, 0) is 11.2 Å². The van der Waals surface area contributed by atoms with Crippen molar-refractivity contribution in [1.82, 2.24) is 25.3 Å². The molecule has 1 aliphatic heterocycles. The minimum Gasteiger partial charge on any atom is -0.338 e. The van der Waals surface area contributed by atoms with Crippen molar-refractivity contribution in [3.05, 3.63) is 35.7 Å². The van der Waals surface area contributed by atoms with E-state index in [1.165, 1.54) is 19.3 Å². The molecule has 4 rings (SSSR count). The van der Waals surface area contributed by atoms with Gasteiger partial charge in [-0.05, 0) is 38.8 Å². The molecule has 1 saturated carbocycles. The van der Waals surface area contributed by atoms with Crippen LogP contribution >= 0.6 is 0 Å². The van der Waals surface area contributed by atoms with Crippen molar-refractivity contribution in [2.45, 2.75) is 64.5 Å². The molecule has 0 spiro atoms. The Bertz CT molecular complexity index is 921. The molecule has 1 saturated heterocycles. The normalized spacial score (nSPS) is 20.0. The monoisotopic (exact) mass is 425 g/mol. The number of aromatic nitrogens is 2. The third kappa shape index (κ3) is 5.24. The van der Waals surface area contributed by atoms with E-state index in [4.69, 9.17) is 4.52 Å². The van der Waals surface area contributed by atoms with Crippen molar-refractivity contribution in [2.24, 2.45) is 0 Å². The van der Waals surface area contributed by atoms with Crippen LogP contribution in [0.3, 0.4) is 0 Å². The summed E-state index contributed by atoms with van der Waals surface area (Å²) in [6.07, 6.45) is 5.85. The summed E-state index contributed by atoms with van der Waals surface area (Å²) in [6, 6.07) is 8.06. The van der Waals surface area contributed by atoms with Gasteiger partial charge in [-0.15, -0.1) is 0 Å². The molecule has 8 nitrogen and oxygen atoms in total. The molecule has 2 fully saturated rings. The van der Waals surface area contributed by atoms with Crippen LogP contribution < -0.4 is 5.32 Å². The van der Waals surface area contributed by atoms with Gasteiger partial charge in [0.2, 0.25) is 5.91 Å². The molecule has 1 unspecified atom stereocenters. The Morgan fingerprint density at radius 3 is 2.74 bits per heavy atom. The van der Waals surface area contributed by atoms with Gasteiger partial charge >= 0.3 is 6.03 Å². The molecule has 1 aromatic heterocycles. The second-order valence-corrected chi connectivity index (χ2v) is 8.73. The van der Waals surface area contributed by atoms with Gasteiger partial charge in [0.1, 0.15) is 0 Å². The quantitative estimate of drug-likeness (QED) is 0.812. The highest BCUT2D eigenvalue weighted by Crippen LogP contribution is 2.20. The fourth-order valence-corrected chi connectivity index (χ4v) is 4.46. The second-order valence-electron chi connectivity index (χ2n) is 8.73. The lowest BCUT2D eigenvalue weighted by Crippen LogP contribution is -2.59. The lowest BCUT2D eigenvalue weighted by atomic mass is 9.96. The summed E-state index contributed by atoms with van der Waals surface area (Å²) < 4.78 is 5.34. The first-order chi connectivity index (χ1) is 15.0. The minimum absolute atomic E-state index is 0.00698. The topological polar surface area (TPSA) is 91.6 Å². The number of hydrogen-bond acceptors (Lipinski definition) is 5. The first kappa shape index (κ1) is 21.3. The maximum atomic E-state index is 12.8. The van der Waals surface area contributed by atoms with Crippen LogP contribution in [0, 0.1) is 6.92 Å². The predicted molar refractivity (Wildman–Crippen MR) is 116 cm³/mol. The number of urea groups is 1. The van der Waals surface area contributed by atoms with E-state index in [2.05, 4.69) is 15.5 Å². The number of nitrogens with one attached hydrogen (secondary N) is 1. The number of rotatable bonds is 4. The summed E-state index contributed by atoms with van der Waals surface area (Å²) in [6.45, 7) is 5.56. The standard InChI is InChI=1S/C23H31N5O3/c1-16-7-6-8-18(13-16)22-25-20(26-31-22)14-21(29)27-11-12-28(17(2)15-27)23(30)24-19-9-4-3-5-10-19/h6-8,13,17,19H,3-5,9-12,14-15H2,1-2H3,(H,24,30). The van der Waals surface area contributed by atoms with Gasteiger partial charge in [0.25, 0.3) is 5.89 Å². The highest BCUT2D eigenvalue weighted by atomic mass is 16.5. The predicted octanol–water partition coefficient (Wildman–Crippen LogP) is 3.16.